The van der Waals surface area contributed by atoms with E-state index < -0.39 is 0 Å². The number of amidine groups is 1. The Morgan fingerprint density at radius 1 is 1.14 bits per heavy atom. The Balaban J connectivity index is 2.11. The van der Waals surface area contributed by atoms with Crippen molar-refractivity contribution in [2.45, 2.75) is 6.92 Å². The zero-order valence-electron chi connectivity index (χ0n) is 11.4. The second-order valence-electron chi connectivity index (χ2n) is 4.51. The molecule has 0 aliphatic heterocycles. The molecule has 104 valence electrons. The van der Waals surface area contributed by atoms with Gasteiger partial charge in [-0.3, -0.25) is 5.41 Å². The number of para-hydroxylation sites is 1. The number of pyridine rings is 1. The fourth-order valence-corrected chi connectivity index (χ4v) is 1.99. The molecule has 0 saturated heterocycles. The highest BCUT2D eigenvalue weighted by Crippen LogP contribution is 2.28. The van der Waals surface area contributed by atoms with E-state index in [4.69, 9.17) is 15.9 Å². The van der Waals surface area contributed by atoms with E-state index in [1.807, 2.05) is 31.2 Å². The van der Waals surface area contributed by atoms with E-state index >= 15 is 0 Å². The van der Waals surface area contributed by atoms with E-state index in [1.165, 1.54) is 12.4 Å². The number of ether oxygens (including phenoxy) is 1. The second kappa shape index (κ2) is 5.16. The highest BCUT2D eigenvalue weighted by atomic mass is 16.5. The third-order valence-electron chi connectivity index (χ3n) is 2.95. The summed E-state index contributed by atoms with van der Waals surface area (Å²) in [5.74, 6) is 0.558. The van der Waals surface area contributed by atoms with Gasteiger partial charge < -0.3 is 10.5 Å². The fourth-order valence-electron chi connectivity index (χ4n) is 1.99. The van der Waals surface area contributed by atoms with Gasteiger partial charge in [0.25, 0.3) is 0 Å². The number of hydrogen-bond acceptors (Lipinski definition) is 5. The number of fused-ring (bicyclic) bond motifs is 1. The van der Waals surface area contributed by atoms with E-state index in [-0.39, 0.29) is 17.4 Å². The Morgan fingerprint density at radius 2 is 1.95 bits per heavy atom. The highest BCUT2D eigenvalue weighted by Gasteiger charge is 2.12. The molecule has 0 aliphatic carbocycles. The summed E-state index contributed by atoms with van der Waals surface area (Å²) in [6, 6.07) is 9.55. The van der Waals surface area contributed by atoms with Gasteiger partial charge in [0.05, 0.1) is 0 Å². The number of nitrogen functional groups attached to an aromatic ring is 1. The molecule has 3 aromatic rings. The van der Waals surface area contributed by atoms with Crippen molar-refractivity contribution in [1.29, 1.82) is 5.41 Å². The summed E-state index contributed by atoms with van der Waals surface area (Å²) >= 11 is 0. The van der Waals surface area contributed by atoms with Gasteiger partial charge in [0.15, 0.2) is 11.4 Å². The fraction of sp³-hybridized carbons (Fsp3) is 0.0667. The molecule has 3 rings (SSSR count). The molecule has 0 bridgehead atoms. The Hall–Kier alpha value is -3.02. The van der Waals surface area contributed by atoms with E-state index in [9.17, 15) is 0 Å². The Morgan fingerprint density at radius 3 is 2.76 bits per heavy atom. The first kappa shape index (κ1) is 13.0. The minimum Gasteiger partial charge on any atom is -0.435 e. The number of rotatable bonds is 3. The Kier molecular flexibility index (Phi) is 3.19. The number of nitrogens with one attached hydrogen (secondary N) is 1. The molecule has 0 aliphatic rings. The zero-order valence-corrected chi connectivity index (χ0v) is 11.4. The van der Waals surface area contributed by atoms with Gasteiger partial charge in [-0.25, -0.2) is 15.0 Å². The summed E-state index contributed by atoms with van der Waals surface area (Å²) in [7, 11) is 0. The van der Waals surface area contributed by atoms with Gasteiger partial charge in [-0.15, -0.1) is 0 Å². The van der Waals surface area contributed by atoms with Gasteiger partial charge >= 0.3 is 0 Å². The Bertz CT molecular complexity index is 831. The van der Waals surface area contributed by atoms with Crippen molar-refractivity contribution in [1.82, 2.24) is 15.0 Å². The number of nitrogens with zero attached hydrogens (tertiary/aromatic N) is 3. The normalized spacial score (nSPS) is 10.5. The van der Waals surface area contributed by atoms with E-state index in [2.05, 4.69) is 15.0 Å². The van der Waals surface area contributed by atoms with Crippen LogP contribution in [-0.4, -0.2) is 20.8 Å². The second-order valence-corrected chi connectivity index (χ2v) is 4.51. The molecule has 6 nitrogen and oxygen atoms in total. The molecule has 0 radical (unpaired) electrons. The largest absolute Gasteiger partial charge is 0.435 e. The molecule has 0 amide bonds. The van der Waals surface area contributed by atoms with Gasteiger partial charge in [-0.2, -0.15) is 0 Å². The highest BCUT2D eigenvalue weighted by molar-refractivity contribution is 5.95. The maximum atomic E-state index is 7.52. The molecule has 1 aromatic carbocycles. The minimum atomic E-state index is -0.192. The number of benzene rings is 1. The zero-order chi connectivity index (χ0) is 14.8. The van der Waals surface area contributed by atoms with Crippen LogP contribution in [0.1, 0.15) is 11.4 Å². The van der Waals surface area contributed by atoms with Crippen molar-refractivity contribution >= 4 is 16.7 Å². The summed E-state index contributed by atoms with van der Waals surface area (Å²) in [6.45, 7) is 1.92. The van der Waals surface area contributed by atoms with Crippen LogP contribution in [0, 0.1) is 12.3 Å². The SMILES string of the molecule is Cc1ccc2cccc(Oc3nccnc3C(=N)N)c2n1. The summed E-state index contributed by atoms with van der Waals surface area (Å²) in [4.78, 5) is 12.6. The van der Waals surface area contributed by atoms with Gasteiger partial charge in [-0.1, -0.05) is 18.2 Å². The van der Waals surface area contributed by atoms with Crippen LogP contribution in [0.15, 0.2) is 42.7 Å². The van der Waals surface area contributed by atoms with Gasteiger partial charge in [0, 0.05) is 23.5 Å². The first-order valence-corrected chi connectivity index (χ1v) is 6.35. The summed E-state index contributed by atoms with van der Waals surface area (Å²) in [6.07, 6.45) is 2.96. The average molecular weight is 279 g/mol. The van der Waals surface area contributed by atoms with Crippen LogP contribution in [0.2, 0.25) is 0 Å². The molecule has 6 heteroatoms. The first-order chi connectivity index (χ1) is 10.1. The molecule has 2 aromatic heterocycles. The van der Waals surface area contributed by atoms with Crippen LogP contribution < -0.4 is 10.5 Å². The van der Waals surface area contributed by atoms with Crippen LogP contribution >= 0.6 is 0 Å². The quantitative estimate of drug-likeness (QED) is 0.566. The molecule has 3 N–H and O–H groups in total. The minimum absolute atomic E-state index is 0.192. The molecule has 0 fully saturated rings. The summed E-state index contributed by atoms with van der Waals surface area (Å²) < 4.78 is 5.78. The maximum Gasteiger partial charge on any atom is 0.249 e. The third kappa shape index (κ3) is 2.51. The molecule has 0 unspecified atom stereocenters. The number of hydrogen-bond donors (Lipinski definition) is 2. The van der Waals surface area contributed by atoms with Crippen molar-refractivity contribution in [3.8, 4) is 11.6 Å². The number of aryl methyl sites for hydroxylation is 1. The van der Waals surface area contributed by atoms with Crippen LogP contribution in [0.3, 0.4) is 0 Å². The lowest BCUT2D eigenvalue weighted by molar-refractivity contribution is 0.462. The molecule has 0 spiro atoms. The predicted octanol–water partition coefficient (Wildman–Crippen LogP) is 2.41. The van der Waals surface area contributed by atoms with Crippen LogP contribution in [-0.2, 0) is 0 Å². The van der Waals surface area contributed by atoms with E-state index in [1.54, 1.807) is 6.07 Å². The third-order valence-corrected chi connectivity index (χ3v) is 2.95. The molecular formula is C15H13N5O. The van der Waals surface area contributed by atoms with Crippen molar-refractivity contribution in [2.75, 3.05) is 0 Å². The molecule has 0 saturated carbocycles. The predicted molar refractivity (Wildman–Crippen MR) is 79.6 cm³/mol. The van der Waals surface area contributed by atoms with E-state index in [0.717, 1.165) is 16.6 Å². The number of aromatic nitrogens is 3. The molecule has 0 atom stereocenters. The van der Waals surface area contributed by atoms with E-state index in [0.29, 0.717) is 5.75 Å². The maximum absolute atomic E-state index is 7.52. The lowest BCUT2D eigenvalue weighted by Crippen LogP contribution is -2.15. The standard InChI is InChI=1S/C15H13N5O/c1-9-5-6-10-3-2-4-11(12(10)20-9)21-15-13(14(16)17)18-7-8-19-15/h2-8H,1H3,(H3,16,17). The van der Waals surface area contributed by atoms with Gasteiger partial charge in [-0.05, 0) is 19.1 Å². The Labute approximate surface area is 121 Å². The van der Waals surface area contributed by atoms with Crippen molar-refractivity contribution in [3.05, 3.63) is 54.1 Å². The van der Waals surface area contributed by atoms with Crippen molar-refractivity contribution < 1.29 is 4.74 Å². The molecular weight excluding hydrogens is 266 g/mol. The smallest absolute Gasteiger partial charge is 0.249 e. The average Bonchev–Trinajstić information content (AvgIpc) is 2.48. The topological polar surface area (TPSA) is 97.8 Å². The summed E-state index contributed by atoms with van der Waals surface area (Å²) in [5, 5.41) is 8.48. The lowest BCUT2D eigenvalue weighted by Gasteiger charge is -2.10. The monoisotopic (exact) mass is 279 g/mol. The van der Waals surface area contributed by atoms with Crippen molar-refractivity contribution in [3.63, 3.8) is 0 Å². The van der Waals surface area contributed by atoms with Gasteiger partial charge in [0.1, 0.15) is 11.4 Å². The van der Waals surface area contributed by atoms with Crippen LogP contribution in [0.5, 0.6) is 11.6 Å². The van der Waals surface area contributed by atoms with Crippen LogP contribution in [0.4, 0.5) is 0 Å². The van der Waals surface area contributed by atoms with Crippen LogP contribution in [0.25, 0.3) is 10.9 Å². The lowest BCUT2D eigenvalue weighted by atomic mass is 10.2. The van der Waals surface area contributed by atoms with Gasteiger partial charge in [0.2, 0.25) is 5.88 Å². The number of nitrogens with two attached hydrogens (primary N) is 1. The van der Waals surface area contributed by atoms with Crippen molar-refractivity contribution in [2.24, 2.45) is 5.73 Å². The molecule has 21 heavy (non-hydrogen) atoms. The summed E-state index contributed by atoms with van der Waals surface area (Å²) in [5.41, 5.74) is 7.33. The molecule has 2 heterocycles. The first-order valence-electron chi connectivity index (χ1n) is 6.35.